The van der Waals surface area contributed by atoms with E-state index in [2.05, 4.69) is 0 Å². The zero-order valence-electron chi connectivity index (χ0n) is 9.09. The fourth-order valence-corrected chi connectivity index (χ4v) is 1.84. The number of amides is 2. The van der Waals surface area contributed by atoms with Crippen LogP contribution in [-0.2, 0) is 14.4 Å². The Morgan fingerprint density at radius 2 is 2.19 bits per heavy atom. The molecule has 1 saturated heterocycles. The van der Waals surface area contributed by atoms with E-state index >= 15 is 0 Å². The van der Waals surface area contributed by atoms with Crippen LogP contribution < -0.4 is 11.5 Å². The van der Waals surface area contributed by atoms with E-state index < -0.39 is 11.9 Å². The van der Waals surface area contributed by atoms with Gasteiger partial charge in [-0.3, -0.25) is 9.59 Å². The number of carbonyl (C=O) groups excluding carboxylic acids is 3. The Kier molecular flexibility index (Phi) is 4.42. The van der Waals surface area contributed by atoms with Crippen LogP contribution in [0.5, 0.6) is 0 Å². The van der Waals surface area contributed by atoms with Crippen molar-refractivity contribution in [1.29, 1.82) is 0 Å². The number of primary amides is 1. The van der Waals surface area contributed by atoms with Crippen LogP contribution in [-0.4, -0.2) is 41.6 Å². The molecule has 1 fully saturated rings. The lowest BCUT2D eigenvalue weighted by molar-refractivity contribution is -0.136. The fourth-order valence-electron chi connectivity index (χ4n) is 1.84. The monoisotopic (exact) mass is 227 g/mol. The summed E-state index contributed by atoms with van der Waals surface area (Å²) in [5.41, 5.74) is 10.6. The van der Waals surface area contributed by atoms with E-state index in [-0.39, 0.29) is 24.8 Å². The second-order valence-corrected chi connectivity index (χ2v) is 3.99. The standard InChI is InChI=1S/C10H17N3O3/c11-8(3-4-9(12)15)10(16)13-5-1-2-7(13)6-14/h6-8H,1-5,11H2,(H2,12,15)/t7-,8-/m0/s1. The average molecular weight is 227 g/mol. The van der Waals surface area contributed by atoms with E-state index in [1.165, 1.54) is 4.90 Å². The molecule has 2 amide bonds. The third kappa shape index (κ3) is 3.03. The van der Waals surface area contributed by atoms with Crippen LogP contribution in [0.1, 0.15) is 25.7 Å². The number of carbonyl (C=O) groups is 3. The highest BCUT2D eigenvalue weighted by atomic mass is 16.2. The van der Waals surface area contributed by atoms with E-state index in [4.69, 9.17) is 11.5 Å². The van der Waals surface area contributed by atoms with Crippen molar-refractivity contribution in [2.45, 2.75) is 37.8 Å². The third-order valence-electron chi connectivity index (χ3n) is 2.76. The highest BCUT2D eigenvalue weighted by molar-refractivity contribution is 5.85. The Balaban J connectivity index is 2.49. The SMILES string of the molecule is NC(=O)CC[C@H](N)C(=O)N1CCC[C@H]1C=O. The van der Waals surface area contributed by atoms with Crippen molar-refractivity contribution in [1.82, 2.24) is 4.90 Å². The van der Waals surface area contributed by atoms with E-state index in [1.54, 1.807) is 0 Å². The normalized spacial score (nSPS) is 21.8. The van der Waals surface area contributed by atoms with E-state index in [1.807, 2.05) is 0 Å². The van der Waals surface area contributed by atoms with E-state index in [9.17, 15) is 14.4 Å². The molecule has 0 bridgehead atoms. The van der Waals surface area contributed by atoms with Crippen molar-refractivity contribution >= 4 is 18.1 Å². The third-order valence-corrected chi connectivity index (χ3v) is 2.76. The molecule has 90 valence electrons. The Bertz CT molecular complexity index is 293. The molecular weight excluding hydrogens is 210 g/mol. The lowest BCUT2D eigenvalue weighted by Crippen LogP contribution is -2.46. The van der Waals surface area contributed by atoms with Crippen LogP contribution in [0.3, 0.4) is 0 Å². The van der Waals surface area contributed by atoms with Gasteiger partial charge in [0.25, 0.3) is 0 Å². The molecule has 4 N–H and O–H groups in total. The molecule has 1 aliphatic rings. The zero-order chi connectivity index (χ0) is 12.1. The van der Waals surface area contributed by atoms with Gasteiger partial charge in [0, 0.05) is 13.0 Å². The lowest BCUT2D eigenvalue weighted by Gasteiger charge is -2.23. The molecule has 16 heavy (non-hydrogen) atoms. The maximum atomic E-state index is 11.8. The number of aldehydes is 1. The number of hydrogen-bond donors (Lipinski definition) is 2. The second-order valence-electron chi connectivity index (χ2n) is 3.99. The molecule has 1 heterocycles. The van der Waals surface area contributed by atoms with Gasteiger partial charge >= 0.3 is 0 Å². The maximum absolute atomic E-state index is 11.8. The molecule has 0 aromatic heterocycles. The van der Waals surface area contributed by atoms with Crippen molar-refractivity contribution in [2.75, 3.05) is 6.54 Å². The van der Waals surface area contributed by atoms with Crippen molar-refractivity contribution in [3.8, 4) is 0 Å². The summed E-state index contributed by atoms with van der Waals surface area (Å²) < 4.78 is 0. The van der Waals surface area contributed by atoms with Crippen molar-refractivity contribution in [3.63, 3.8) is 0 Å². The summed E-state index contributed by atoms with van der Waals surface area (Å²) in [5.74, 6) is -0.743. The Morgan fingerprint density at radius 1 is 1.50 bits per heavy atom. The minimum atomic E-state index is -0.743. The molecule has 0 radical (unpaired) electrons. The second kappa shape index (κ2) is 5.60. The summed E-state index contributed by atoms with van der Waals surface area (Å²) in [6, 6.07) is -1.10. The topological polar surface area (TPSA) is 106 Å². The number of nitrogens with zero attached hydrogens (tertiary/aromatic N) is 1. The molecule has 0 spiro atoms. The Labute approximate surface area is 93.9 Å². The van der Waals surface area contributed by atoms with Gasteiger partial charge in [0.15, 0.2) is 0 Å². The first-order valence-electron chi connectivity index (χ1n) is 5.36. The van der Waals surface area contributed by atoms with Crippen LogP contribution in [0.25, 0.3) is 0 Å². The first-order valence-corrected chi connectivity index (χ1v) is 5.36. The summed E-state index contributed by atoms with van der Waals surface area (Å²) in [6.07, 6.45) is 2.60. The Hall–Kier alpha value is -1.43. The van der Waals surface area contributed by atoms with Gasteiger partial charge in [-0.2, -0.15) is 0 Å². The van der Waals surface area contributed by atoms with E-state index in [0.29, 0.717) is 13.0 Å². The van der Waals surface area contributed by atoms with Crippen molar-refractivity contribution in [3.05, 3.63) is 0 Å². The van der Waals surface area contributed by atoms with Gasteiger partial charge in [0.1, 0.15) is 6.29 Å². The molecule has 6 heteroatoms. The Morgan fingerprint density at radius 3 is 2.75 bits per heavy atom. The molecule has 0 aliphatic carbocycles. The summed E-state index contributed by atoms with van der Waals surface area (Å²) in [6.45, 7) is 0.562. The zero-order valence-corrected chi connectivity index (χ0v) is 9.09. The summed E-state index contributed by atoms with van der Waals surface area (Å²) in [4.78, 5) is 34.6. The molecule has 0 aromatic carbocycles. The van der Waals surface area contributed by atoms with Crippen LogP contribution in [0.4, 0.5) is 0 Å². The molecule has 1 rings (SSSR count). The molecule has 6 nitrogen and oxygen atoms in total. The van der Waals surface area contributed by atoms with Crippen LogP contribution in [0, 0.1) is 0 Å². The highest BCUT2D eigenvalue weighted by Gasteiger charge is 2.31. The predicted molar refractivity (Wildman–Crippen MR) is 57.2 cm³/mol. The fraction of sp³-hybridized carbons (Fsp3) is 0.700. The summed E-state index contributed by atoms with van der Waals surface area (Å²) >= 11 is 0. The van der Waals surface area contributed by atoms with Gasteiger partial charge in [0.05, 0.1) is 12.1 Å². The van der Waals surface area contributed by atoms with Crippen molar-refractivity contribution < 1.29 is 14.4 Å². The molecule has 1 aliphatic heterocycles. The first kappa shape index (κ1) is 12.6. The lowest BCUT2D eigenvalue weighted by atomic mass is 10.1. The largest absolute Gasteiger partial charge is 0.370 e. The minimum absolute atomic E-state index is 0.0898. The molecular formula is C10H17N3O3. The van der Waals surface area contributed by atoms with Crippen LogP contribution in [0.2, 0.25) is 0 Å². The molecule has 0 saturated carbocycles. The van der Waals surface area contributed by atoms with Gasteiger partial charge in [-0.1, -0.05) is 0 Å². The summed E-state index contributed by atoms with van der Waals surface area (Å²) in [7, 11) is 0. The highest BCUT2D eigenvalue weighted by Crippen LogP contribution is 2.16. The quantitative estimate of drug-likeness (QED) is 0.573. The maximum Gasteiger partial charge on any atom is 0.240 e. The average Bonchev–Trinajstić information content (AvgIpc) is 2.72. The molecule has 2 atom stereocenters. The van der Waals surface area contributed by atoms with E-state index in [0.717, 1.165) is 12.7 Å². The van der Waals surface area contributed by atoms with Gasteiger partial charge in [0.2, 0.25) is 11.8 Å². The van der Waals surface area contributed by atoms with Gasteiger partial charge in [-0.05, 0) is 19.3 Å². The number of rotatable bonds is 5. The van der Waals surface area contributed by atoms with Gasteiger partial charge in [-0.25, -0.2) is 0 Å². The van der Waals surface area contributed by atoms with Crippen LogP contribution >= 0.6 is 0 Å². The first-order chi connectivity index (χ1) is 7.56. The van der Waals surface area contributed by atoms with Gasteiger partial charge < -0.3 is 21.2 Å². The van der Waals surface area contributed by atoms with Crippen LogP contribution in [0.15, 0.2) is 0 Å². The van der Waals surface area contributed by atoms with Crippen molar-refractivity contribution in [2.24, 2.45) is 11.5 Å². The minimum Gasteiger partial charge on any atom is -0.370 e. The smallest absolute Gasteiger partial charge is 0.240 e. The predicted octanol–water partition coefficient (Wildman–Crippen LogP) is -1.23. The number of likely N-dealkylation sites (tertiary alicyclic amines) is 1. The summed E-state index contributed by atoms with van der Waals surface area (Å²) in [5, 5.41) is 0. The number of hydrogen-bond acceptors (Lipinski definition) is 4. The number of nitrogens with two attached hydrogens (primary N) is 2. The van der Waals surface area contributed by atoms with Gasteiger partial charge in [-0.15, -0.1) is 0 Å². The molecule has 0 unspecified atom stereocenters. The molecule has 0 aromatic rings.